The molecule has 0 spiro atoms. The molecule has 2 aromatic heterocycles. The van der Waals surface area contributed by atoms with Crippen LogP contribution in [0, 0.1) is 6.92 Å². The number of carbonyl (C=O) groups excluding carboxylic acids is 1. The van der Waals surface area contributed by atoms with Crippen LogP contribution in [-0.4, -0.2) is 32.5 Å². The molecule has 106 valence electrons. The number of carbonyl (C=O) groups is 1. The lowest BCUT2D eigenvalue weighted by Crippen LogP contribution is -2.31. The minimum atomic E-state index is -0.0321. The van der Waals surface area contributed by atoms with Gasteiger partial charge in [0.2, 0.25) is 11.8 Å². The van der Waals surface area contributed by atoms with Crippen molar-refractivity contribution < 1.29 is 9.32 Å². The average molecular weight is 292 g/mol. The summed E-state index contributed by atoms with van der Waals surface area (Å²) in [5.41, 5.74) is 2.77. The Bertz CT molecular complexity index is 581. The Hall–Kier alpha value is -1.76. The number of aromatic nitrogens is 3. The van der Waals surface area contributed by atoms with Gasteiger partial charge in [-0.05, 0) is 19.3 Å². The topological polar surface area (TPSA) is 72.1 Å². The minimum absolute atomic E-state index is 0.0321. The van der Waals surface area contributed by atoms with Gasteiger partial charge in [-0.25, -0.2) is 4.98 Å². The molecule has 7 heteroatoms. The molecule has 1 aliphatic heterocycles. The molecule has 0 bridgehead atoms. The van der Waals surface area contributed by atoms with Crippen molar-refractivity contribution in [3.63, 3.8) is 0 Å². The molecule has 3 rings (SSSR count). The SMILES string of the molecule is Cc1nc(C2CCCN2C(=O)CCc2cscn2)no1. The highest BCUT2D eigenvalue weighted by Crippen LogP contribution is 2.30. The van der Waals surface area contributed by atoms with Gasteiger partial charge in [0.25, 0.3) is 0 Å². The Balaban J connectivity index is 1.64. The van der Waals surface area contributed by atoms with Crippen molar-refractivity contribution >= 4 is 17.2 Å². The third kappa shape index (κ3) is 2.72. The van der Waals surface area contributed by atoms with Crippen molar-refractivity contribution in [3.8, 4) is 0 Å². The Kier molecular flexibility index (Phi) is 3.77. The Morgan fingerprint density at radius 1 is 1.60 bits per heavy atom. The fourth-order valence-corrected chi connectivity index (χ4v) is 3.12. The van der Waals surface area contributed by atoms with Crippen molar-refractivity contribution in [1.82, 2.24) is 20.0 Å². The fourth-order valence-electron chi connectivity index (χ4n) is 2.52. The largest absolute Gasteiger partial charge is 0.340 e. The van der Waals surface area contributed by atoms with Gasteiger partial charge < -0.3 is 9.42 Å². The van der Waals surface area contributed by atoms with Crippen LogP contribution in [0.15, 0.2) is 15.4 Å². The number of aryl methyl sites for hydroxylation is 2. The number of hydrogen-bond donors (Lipinski definition) is 0. The second-order valence-electron chi connectivity index (χ2n) is 4.90. The van der Waals surface area contributed by atoms with Gasteiger partial charge in [0.1, 0.15) is 0 Å². The number of thiazole rings is 1. The van der Waals surface area contributed by atoms with E-state index in [1.807, 2.05) is 10.3 Å². The summed E-state index contributed by atoms with van der Waals surface area (Å²) in [5.74, 6) is 1.31. The monoisotopic (exact) mass is 292 g/mol. The fraction of sp³-hybridized carbons (Fsp3) is 0.538. The van der Waals surface area contributed by atoms with Gasteiger partial charge in [0.05, 0.1) is 17.2 Å². The highest BCUT2D eigenvalue weighted by atomic mass is 32.1. The molecule has 0 aliphatic carbocycles. The van der Waals surface area contributed by atoms with Crippen LogP contribution in [-0.2, 0) is 11.2 Å². The van der Waals surface area contributed by atoms with E-state index in [-0.39, 0.29) is 11.9 Å². The van der Waals surface area contributed by atoms with Crippen LogP contribution in [0.4, 0.5) is 0 Å². The highest BCUT2D eigenvalue weighted by Gasteiger charge is 2.32. The number of rotatable bonds is 4. The van der Waals surface area contributed by atoms with E-state index < -0.39 is 0 Å². The van der Waals surface area contributed by atoms with Crippen molar-refractivity contribution in [2.75, 3.05) is 6.54 Å². The van der Waals surface area contributed by atoms with E-state index in [9.17, 15) is 4.79 Å². The summed E-state index contributed by atoms with van der Waals surface area (Å²) in [6.07, 6.45) is 3.07. The smallest absolute Gasteiger partial charge is 0.223 e. The predicted molar refractivity (Wildman–Crippen MR) is 73.2 cm³/mol. The summed E-state index contributed by atoms with van der Waals surface area (Å²) < 4.78 is 5.02. The summed E-state index contributed by atoms with van der Waals surface area (Å²) >= 11 is 1.56. The van der Waals surface area contributed by atoms with E-state index >= 15 is 0 Å². The van der Waals surface area contributed by atoms with Gasteiger partial charge in [0, 0.05) is 25.3 Å². The molecular weight excluding hydrogens is 276 g/mol. The molecule has 0 N–H and O–H groups in total. The number of amides is 1. The zero-order chi connectivity index (χ0) is 13.9. The van der Waals surface area contributed by atoms with Crippen molar-refractivity contribution in [2.45, 2.75) is 38.6 Å². The predicted octanol–water partition coefficient (Wildman–Crippen LogP) is 2.13. The summed E-state index contributed by atoms with van der Waals surface area (Å²) in [5, 5.41) is 5.93. The Morgan fingerprint density at radius 3 is 3.20 bits per heavy atom. The van der Waals surface area contributed by atoms with Crippen LogP contribution in [0.3, 0.4) is 0 Å². The zero-order valence-electron chi connectivity index (χ0n) is 11.3. The maximum atomic E-state index is 12.3. The standard InChI is InChI=1S/C13H16N4O2S/c1-9-15-13(16-19-9)11-3-2-6-17(11)12(18)5-4-10-7-20-8-14-10/h7-8,11H,2-6H2,1H3. The normalized spacial score (nSPS) is 18.6. The Morgan fingerprint density at radius 2 is 2.50 bits per heavy atom. The zero-order valence-corrected chi connectivity index (χ0v) is 12.1. The van der Waals surface area contributed by atoms with Gasteiger partial charge in [-0.2, -0.15) is 4.98 Å². The molecule has 0 aromatic carbocycles. The summed E-state index contributed by atoms with van der Waals surface area (Å²) in [6.45, 7) is 2.54. The molecule has 20 heavy (non-hydrogen) atoms. The molecule has 0 radical (unpaired) electrons. The molecule has 1 aliphatic rings. The molecule has 6 nitrogen and oxygen atoms in total. The molecule has 2 aromatic rings. The summed E-state index contributed by atoms with van der Waals surface area (Å²) in [6, 6.07) is -0.0321. The van der Waals surface area contributed by atoms with E-state index in [0.717, 1.165) is 25.1 Å². The number of nitrogens with zero attached hydrogens (tertiary/aromatic N) is 4. The lowest BCUT2D eigenvalue weighted by molar-refractivity contribution is -0.132. The summed E-state index contributed by atoms with van der Waals surface area (Å²) in [4.78, 5) is 22.7. The van der Waals surface area contributed by atoms with Gasteiger partial charge in [-0.3, -0.25) is 4.79 Å². The number of hydrogen-bond acceptors (Lipinski definition) is 6. The second kappa shape index (κ2) is 5.70. The quantitative estimate of drug-likeness (QED) is 0.863. The molecule has 1 amide bonds. The third-order valence-corrected chi connectivity index (χ3v) is 4.13. The second-order valence-corrected chi connectivity index (χ2v) is 5.62. The lowest BCUT2D eigenvalue weighted by atomic mass is 10.2. The summed E-state index contributed by atoms with van der Waals surface area (Å²) in [7, 11) is 0. The van der Waals surface area contributed by atoms with Gasteiger partial charge in [0.15, 0.2) is 5.82 Å². The molecule has 0 saturated carbocycles. The molecule has 1 atom stereocenters. The highest BCUT2D eigenvalue weighted by molar-refractivity contribution is 7.07. The molecule has 1 unspecified atom stereocenters. The van der Waals surface area contributed by atoms with Crippen molar-refractivity contribution in [1.29, 1.82) is 0 Å². The van der Waals surface area contributed by atoms with E-state index in [2.05, 4.69) is 15.1 Å². The maximum Gasteiger partial charge on any atom is 0.223 e. The van der Waals surface area contributed by atoms with Gasteiger partial charge in [-0.1, -0.05) is 5.16 Å². The first-order valence-corrected chi connectivity index (χ1v) is 7.65. The van der Waals surface area contributed by atoms with Gasteiger partial charge in [-0.15, -0.1) is 11.3 Å². The molecule has 1 fully saturated rings. The molecule has 1 saturated heterocycles. The van der Waals surface area contributed by atoms with Gasteiger partial charge >= 0.3 is 0 Å². The Labute approximate surface area is 120 Å². The van der Waals surface area contributed by atoms with E-state index in [4.69, 9.17) is 4.52 Å². The maximum absolute atomic E-state index is 12.3. The van der Waals surface area contributed by atoms with Crippen LogP contribution in [0.2, 0.25) is 0 Å². The van der Waals surface area contributed by atoms with Crippen LogP contribution < -0.4 is 0 Å². The van der Waals surface area contributed by atoms with Crippen LogP contribution in [0.25, 0.3) is 0 Å². The third-order valence-electron chi connectivity index (χ3n) is 3.49. The van der Waals surface area contributed by atoms with Crippen LogP contribution >= 0.6 is 11.3 Å². The van der Waals surface area contributed by atoms with Crippen molar-refractivity contribution in [3.05, 3.63) is 28.3 Å². The molecule has 3 heterocycles. The van der Waals surface area contributed by atoms with E-state index in [1.54, 1.807) is 23.8 Å². The van der Waals surface area contributed by atoms with Crippen molar-refractivity contribution in [2.24, 2.45) is 0 Å². The first kappa shape index (κ1) is 13.2. The lowest BCUT2D eigenvalue weighted by Gasteiger charge is -2.22. The van der Waals surface area contributed by atoms with E-state index in [1.165, 1.54) is 0 Å². The average Bonchev–Trinajstić information content (AvgIpc) is 3.16. The first-order valence-electron chi connectivity index (χ1n) is 6.71. The molecular formula is C13H16N4O2S. The first-order chi connectivity index (χ1) is 9.74. The number of likely N-dealkylation sites (tertiary alicyclic amines) is 1. The van der Waals surface area contributed by atoms with Crippen LogP contribution in [0.1, 0.15) is 42.7 Å². The van der Waals surface area contributed by atoms with E-state index in [0.29, 0.717) is 24.6 Å². The minimum Gasteiger partial charge on any atom is -0.340 e. The van der Waals surface area contributed by atoms with Crippen LogP contribution in [0.5, 0.6) is 0 Å².